The molecule has 0 N–H and O–H groups in total. The normalized spacial score (nSPS) is 10.9. The number of ether oxygens (including phenoxy) is 2. The van der Waals surface area contributed by atoms with Crippen molar-refractivity contribution in [3.63, 3.8) is 0 Å². The van der Waals surface area contributed by atoms with E-state index in [9.17, 15) is 0 Å². The van der Waals surface area contributed by atoms with E-state index in [4.69, 9.17) is 19.4 Å². The molecule has 2 heterocycles. The molecule has 0 radical (unpaired) electrons. The molecule has 0 amide bonds. The Morgan fingerprint density at radius 1 is 0.414 bits per heavy atom. The van der Waals surface area contributed by atoms with Crippen molar-refractivity contribution in [3.05, 3.63) is 109 Å². The Bertz CT molecular complexity index is 1630. The molecule has 0 saturated heterocycles. The Labute approximate surface area is 366 Å². The standard InChI is InChI=1S/C52H67N2O2.ClH.Pt/c1-3-5-7-9-11-13-15-17-19-21-38-55-49-32-26-43(27-33-49)47-30-36-51(53-41-47)45-24-23-25-46(40-45)52-37-31-48(42-54-52)44-28-34-50(35-29-44)56-39-22-20-18-16-14-12-10-8-6-4-2;;/h23-37,41-42H,3-22,38-39H2,1-2H3;1H;/q-1;;+2/p-1. The number of aromatic nitrogens is 2. The van der Waals surface area contributed by atoms with Crippen LogP contribution in [0.1, 0.15) is 142 Å². The van der Waals surface area contributed by atoms with Crippen LogP contribution in [0.15, 0.2) is 103 Å². The molecule has 0 saturated carbocycles. The number of rotatable bonds is 28. The number of hydrogen-bond donors (Lipinski definition) is 0. The van der Waals surface area contributed by atoms with Gasteiger partial charge < -0.3 is 9.47 Å². The molecule has 0 atom stereocenters. The third-order valence-electron chi connectivity index (χ3n) is 10.8. The molecule has 0 bridgehead atoms. The van der Waals surface area contributed by atoms with Crippen molar-refractivity contribution < 1.29 is 28.2 Å². The van der Waals surface area contributed by atoms with Crippen LogP contribution >= 0.6 is 9.42 Å². The first-order chi connectivity index (χ1) is 28.7. The summed E-state index contributed by atoms with van der Waals surface area (Å²) >= 11 is 1.61. The second kappa shape index (κ2) is 29.7. The van der Waals surface area contributed by atoms with Gasteiger partial charge in [0.2, 0.25) is 0 Å². The summed E-state index contributed by atoms with van der Waals surface area (Å²) in [4.78, 5) is 9.62. The van der Waals surface area contributed by atoms with Gasteiger partial charge in [0.15, 0.2) is 0 Å². The van der Waals surface area contributed by atoms with Gasteiger partial charge in [-0.2, -0.15) is 0 Å². The predicted octanol–water partition coefficient (Wildman–Crippen LogP) is 16.2. The summed E-state index contributed by atoms with van der Waals surface area (Å²) in [5.41, 5.74) is 8.09. The fraction of sp³-hybridized carbons (Fsp3) is 0.462. The number of nitrogens with zero attached hydrogens (tertiary/aromatic N) is 2. The first kappa shape index (κ1) is 47.2. The summed E-state index contributed by atoms with van der Waals surface area (Å²) in [6.07, 6.45) is 30.5. The molecule has 0 unspecified atom stereocenters. The van der Waals surface area contributed by atoms with Gasteiger partial charge in [-0.3, -0.25) is 9.97 Å². The van der Waals surface area contributed by atoms with Gasteiger partial charge in [0.1, 0.15) is 11.5 Å². The summed E-state index contributed by atoms with van der Waals surface area (Å²) in [6.45, 7) is 6.12. The van der Waals surface area contributed by atoms with Gasteiger partial charge in [-0.25, -0.2) is 0 Å². The van der Waals surface area contributed by atoms with E-state index >= 15 is 0 Å². The van der Waals surface area contributed by atoms with Gasteiger partial charge in [0.25, 0.3) is 0 Å². The van der Waals surface area contributed by atoms with Crippen LogP contribution in [0, 0.1) is 6.07 Å². The molecule has 5 aromatic rings. The maximum atomic E-state index is 6.03. The average Bonchev–Trinajstić information content (AvgIpc) is 3.29. The number of benzene rings is 3. The van der Waals surface area contributed by atoms with Crippen molar-refractivity contribution in [2.75, 3.05) is 13.2 Å². The van der Waals surface area contributed by atoms with Crippen molar-refractivity contribution in [1.29, 1.82) is 0 Å². The van der Waals surface area contributed by atoms with E-state index < -0.39 is 0 Å². The molecule has 3 aromatic carbocycles. The molecule has 0 spiro atoms. The molecule has 0 fully saturated rings. The van der Waals surface area contributed by atoms with Gasteiger partial charge >= 0.3 is 28.2 Å². The zero-order valence-electron chi connectivity index (χ0n) is 35.3. The van der Waals surface area contributed by atoms with E-state index in [1.165, 1.54) is 116 Å². The van der Waals surface area contributed by atoms with Crippen molar-refractivity contribution in [1.82, 2.24) is 9.97 Å². The number of unbranched alkanes of at least 4 members (excludes halogenated alkanes) is 18. The molecule has 0 aliphatic heterocycles. The Morgan fingerprint density at radius 3 is 1.07 bits per heavy atom. The molecule has 5 rings (SSSR count). The fourth-order valence-corrected chi connectivity index (χ4v) is 7.26. The van der Waals surface area contributed by atoms with Gasteiger partial charge in [-0.15, -0.1) is 24.3 Å². The first-order valence-electron chi connectivity index (χ1n) is 22.3. The third-order valence-corrected chi connectivity index (χ3v) is 10.8. The SMILES string of the molecule is CCCCCCCCCCCCOc1ccc(-c2ccc(-c3[c-]c(-c4ccc(-c5ccc(OCCCCCCCCCCCC)cc5)cn4)ccc3)nc2)cc1.[Cl][Pt+]. The number of hydrogen-bond acceptors (Lipinski definition) is 4. The number of pyridine rings is 2. The monoisotopic (exact) mass is 981 g/mol. The van der Waals surface area contributed by atoms with E-state index in [-0.39, 0.29) is 0 Å². The van der Waals surface area contributed by atoms with Crippen LogP contribution in [0.2, 0.25) is 0 Å². The minimum atomic E-state index is 0.782. The van der Waals surface area contributed by atoms with Gasteiger partial charge in [0, 0.05) is 23.8 Å². The Balaban J connectivity index is 0.00000366. The molecule has 58 heavy (non-hydrogen) atoms. The van der Waals surface area contributed by atoms with Crippen molar-refractivity contribution >= 4 is 9.42 Å². The summed E-state index contributed by atoms with van der Waals surface area (Å²) < 4.78 is 12.1. The molecule has 0 aliphatic carbocycles. The predicted molar refractivity (Wildman–Crippen MR) is 243 cm³/mol. The Morgan fingerprint density at radius 2 is 0.741 bits per heavy atom. The third kappa shape index (κ3) is 17.8. The van der Waals surface area contributed by atoms with E-state index in [0.29, 0.717) is 0 Å². The Kier molecular flexibility index (Phi) is 24.2. The zero-order chi connectivity index (χ0) is 40.9. The van der Waals surface area contributed by atoms with Crippen LogP contribution in [0.5, 0.6) is 11.5 Å². The van der Waals surface area contributed by atoms with Crippen LogP contribution in [-0.4, -0.2) is 23.2 Å². The van der Waals surface area contributed by atoms with Crippen LogP contribution < -0.4 is 9.47 Å². The second-order valence-corrected chi connectivity index (χ2v) is 15.5. The van der Waals surface area contributed by atoms with Crippen molar-refractivity contribution in [2.24, 2.45) is 0 Å². The van der Waals surface area contributed by atoms with Crippen LogP contribution in [-0.2, 0) is 18.8 Å². The quantitative estimate of drug-likeness (QED) is 0.0370. The average molecular weight is 983 g/mol. The molecule has 0 aliphatic rings. The molecular weight excluding hydrogens is 915 g/mol. The summed E-state index contributed by atoms with van der Waals surface area (Å²) in [6, 6.07) is 34.9. The van der Waals surface area contributed by atoms with Crippen LogP contribution in [0.4, 0.5) is 0 Å². The van der Waals surface area contributed by atoms with E-state index in [1.807, 2.05) is 12.4 Å². The molecule has 4 nitrogen and oxygen atoms in total. The van der Waals surface area contributed by atoms with Gasteiger partial charge in [-0.05, 0) is 59.4 Å². The van der Waals surface area contributed by atoms with E-state index in [0.717, 1.165) is 82.3 Å². The van der Waals surface area contributed by atoms with E-state index in [1.54, 1.807) is 18.8 Å². The molecule has 6 heteroatoms. The van der Waals surface area contributed by atoms with Crippen molar-refractivity contribution in [3.8, 4) is 56.3 Å². The number of halogens is 1. The Hall–Kier alpha value is -3.46. The topological polar surface area (TPSA) is 44.2 Å². The van der Waals surface area contributed by atoms with Crippen molar-refractivity contribution in [2.45, 2.75) is 142 Å². The zero-order valence-corrected chi connectivity index (χ0v) is 38.3. The summed E-state index contributed by atoms with van der Waals surface area (Å²) in [5.74, 6) is 1.86. The van der Waals surface area contributed by atoms with Gasteiger partial charge in [-0.1, -0.05) is 189 Å². The maximum absolute atomic E-state index is 6.03. The second-order valence-electron chi connectivity index (χ2n) is 15.5. The van der Waals surface area contributed by atoms with Crippen LogP contribution in [0.3, 0.4) is 0 Å². The minimum absolute atomic E-state index is 0.782. The molecule has 314 valence electrons. The van der Waals surface area contributed by atoms with Gasteiger partial charge in [0.05, 0.1) is 13.2 Å². The summed E-state index contributed by atoms with van der Waals surface area (Å²) in [5, 5.41) is 0. The molecular formula is C52H67ClN2O2Pt. The van der Waals surface area contributed by atoms with Crippen LogP contribution in [0.25, 0.3) is 44.8 Å². The molecule has 2 aromatic heterocycles. The fourth-order valence-electron chi connectivity index (χ4n) is 7.26. The summed E-state index contributed by atoms with van der Waals surface area (Å²) in [7, 11) is 4.61. The van der Waals surface area contributed by atoms with E-state index in [2.05, 4.69) is 120 Å². The first-order valence-corrected chi connectivity index (χ1v) is 25.1.